The highest BCUT2D eigenvalue weighted by Gasteiger charge is 1.97. The van der Waals surface area contributed by atoms with Gasteiger partial charge in [0.25, 0.3) is 0 Å². The summed E-state index contributed by atoms with van der Waals surface area (Å²) in [6, 6.07) is 7.48. The zero-order valence-corrected chi connectivity index (χ0v) is 13.1. The van der Waals surface area contributed by atoms with E-state index in [1.54, 1.807) is 0 Å². The number of benzene rings is 1. The summed E-state index contributed by atoms with van der Waals surface area (Å²) < 4.78 is 11.1. The first-order valence-corrected chi connectivity index (χ1v) is 7.75. The summed E-state index contributed by atoms with van der Waals surface area (Å²) in [6.45, 7) is 4.25. The number of nitrogens with two attached hydrogens (primary N) is 1. The van der Waals surface area contributed by atoms with Gasteiger partial charge in [0.2, 0.25) is 0 Å². The predicted octanol–water partition coefficient (Wildman–Crippen LogP) is 3.69. The van der Waals surface area contributed by atoms with Crippen molar-refractivity contribution in [3.05, 3.63) is 29.8 Å². The van der Waals surface area contributed by atoms with E-state index in [1.807, 2.05) is 24.3 Å². The Morgan fingerprint density at radius 3 is 2.35 bits per heavy atom. The van der Waals surface area contributed by atoms with Crippen LogP contribution >= 0.6 is 12.2 Å². The summed E-state index contributed by atoms with van der Waals surface area (Å²) in [4.78, 5) is 0.406. The van der Waals surface area contributed by atoms with Crippen molar-refractivity contribution in [2.45, 2.75) is 39.0 Å². The van der Waals surface area contributed by atoms with Crippen LogP contribution in [0.2, 0.25) is 0 Å². The van der Waals surface area contributed by atoms with Gasteiger partial charge in [0.15, 0.2) is 0 Å². The monoisotopic (exact) mass is 295 g/mol. The second-order valence-corrected chi connectivity index (χ2v) is 5.20. The second-order valence-electron chi connectivity index (χ2n) is 4.76. The fraction of sp³-hybridized carbons (Fsp3) is 0.562. The molecular weight excluding hydrogens is 270 g/mol. The van der Waals surface area contributed by atoms with E-state index in [4.69, 9.17) is 27.4 Å². The molecule has 0 radical (unpaired) electrons. The summed E-state index contributed by atoms with van der Waals surface area (Å²) in [5.74, 6) is 0.816. The van der Waals surface area contributed by atoms with Crippen LogP contribution in [0, 0.1) is 0 Å². The van der Waals surface area contributed by atoms with E-state index >= 15 is 0 Å². The van der Waals surface area contributed by atoms with Gasteiger partial charge in [-0.25, -0.2) is 0 Å². The zero-order valence-electron chi connectivity index (χ0n) is 12.3. The van der Waals surface area contributed by atoms with E-state index in [9.17, 15) is 0 Å². The van der Waals surface area contributed by atoms with Crippen LogP contribution in [0.15, 0.2) is 24.3 Å². The van der Waals surface area contributed by atoms with Crippen LogP contribution in [0.5, 0.6) is 5.75 Å². The molecule has 20 heavy (non-hydrogen) atoms. The van der Waals surface area contributed by atoms with Crippen molar-refractivity contribution in [1.82, 2.24) is 0 Å². The molecule has 0 aliphatic carbocycles. The van der Waals surface area contributed by atoms with E-state index in [2.05, 4.69) is 6.92 Å². The lowest BCUT2D eigenvalue weighted by atomic mass is 10.2. The van der Waals surface area contributed by atoms with Crippen LogP contribution in [0.4, 0.5) is 0 Å². The van der Waals surface area contributed by atoms with E-state index in [1.165, 1.54) is 25.7 Å². The SMILES string of the molecule is CCCCCCCOCCOc1ccc(C(N)=S)cc1. The van der Waals surface area contributed by atoms with Gasteiger partial charge < -0.3 is 15.2 Å². The quantitative estimate of drug-likeness (QED) is 0.499. The van der Waals surface area contributed by atoms with Crippen molar-refractivity contribution in [3.63, 3.8) is 0 Å². The highest BCUT2D eigenvalue weighted by molar-refractivity contribution is 7.80. The van der Waals surface area contributed by atoms with E-state index in [0.29, 0.717) is 18.2 Å². The number of unbranched alkanes of at least 4 members (excludes halogenated alkanes) is 4. The molecule has 3 nitrogen and oxygen atoms in total. The Morgan fingerprint density at radius 2 is 1.70 bits per heavy atom. The van der Waals surface area contributed by atoms with Gasteiger partial charge in [-0.2, -0.15) is 0 Å². The van der Waals surface area contributed by atoms with Gasteiger partial charge in [-0.15, -0.1) is 0 Å². The smallest absolute Gasteiger partial charge is 0.119 e. The third-order valence-electron chi connectivity index (χ3n) is 3.03. The summed E-state index contributed by atoms with van der Waals surface area (Å²) in [7, 11) is 0. The third kappa shape index (κ3) is 7.46. The number of rotatable bonds is 11. The summed E-state index contributed by atoms with van der Waals surface area (Å²) in [6.07, 6.45) is 6.32. The Balaban J connectivity index is 2.02. The number of ether oxygens (including phenoxy) is 2. The highest BCUT2D eigenvalue weighted by atomic mass is 32.1. The van der Waals surface area contributed by atoms with Crippen LogP contribution in [0.3, 0.4) is 0 Å². The molecule has 0 aromatic heterocycles. The average Bonchev–Trinajstić information content (AvgIpc) is 2.46. The third-order valence-corrected chi connectivity index (χ3v) is 3.26. The van der Waals surface area contributed by atoms with Crippen LogP contribution in [-0.2, 0) is 4.74 Å². The van der Waals surface area contributed by atoms with Gasteiger partial charge in [-0.1, -0.05) is 44.8 Å². The Morgan fingerprint density at radius 1 is 1.00 bits per heavy atom. The van der Waals surface area contributed by atoms with Gasteiger partial charge in [-0.3, -0.25) is 0 Å². The minimum Gasteiger partial charge on any atom is -0.491 e. The van der Waals surface area contributed by atoms with Gasteiger partial charge in [0.1, 0.15) is 17.3 Å². The summed E-state index contributed by atoms with van der Waals surface area (Å²) in [5.41, 5.74) is 6.39. The van der Waals surface area contributed by atoms with Crippen LogP contribution in [0.1, 0.15) is 44.6 Å². The molecule has 0 amide bonds. The Labute approximate surface area is 127 Å². The summed E-state index contributed by atoms with van der Waals surface area (Å²) in [5, 5.41) is 0. The van der Waals surface area contributed by atoms with Gasteiger partial charge in [0, 0.05) is 12.2 Å². The summed E-state index contributed by atoms with van der Waals surface area (Å²) >= 11 is 4.90. The molecule has 1 aromatic carbocycles. The van der Waals surface area contributed by atoms with E-state index in [0.717, 1.165) is 24.3 Å². The molecule has 0 bridgehead atoms. The Kier molecular flexibility index (Phi) is 9.00. The Hall–Kier alpha value is -1.13. The molecule has 112 valence electrons. The molecule has 4 heteroatoms. The number of thiocarbonyl (C=S) groups is 1. The molecule has 0 unspecified atom stereocenters. The maximum Gasteiger partial charge on any atom is 0.119 e. The lowest BCUT2D eigenvalue weighted by molar-refractivity contribution is 0.0971. The molecular formula is C16H25NO2S. The molecule has 0 aliphatic heterocycles. The van der Waals surface area contributed by atoms with Gasteiger partial charge in [0.05, 0.1) is 6.61 Å². The maximum atomic E-state index is 5.58. The lowest BCUT2D eigenvalue weighted by Gasteiger charge is -2.08. The fourth-order valence-electron chi connectivity index (χ4n) is 1.84. The average molecular weight is 295 g/mol. The number of hydrogen-bond donors (Lipinski definition) is 1. The van der Waals surface area contributed by atoms with Crippen molar-refractivity contribution in [2.75, 3.05) is 19.8 Å². The minimum atomic E-state index is 0.406. The fourth-order valence-corrected chi connectivity index (χ4v) is 1.98. The molecule has 1 rings (SSSR count). The first-order chi connectivity index (χ1) is 9.74. The molecule has 2 N–H and O–H groups in total. The standard InChI is InChI=1S/C16H25NO2S/c1-2-3-4-5-6-11-18-12-13-19-15-9-7-14(8-10-15)16(17)20/h7-10H,2-6,11-13H2,1H3,(H2,17,20). The van der Waals surface area contributed by atoms with Gasteiger partial charge in [-0.05, 0) is 30.7 Å². The predicted molar refractivity (Wildman–Crippen MR) is 87.4 cm³/mol. The molecule has 0 atom stereocenters. The van der Waals surface area contributed by atoms with E-state index < -0.39 is 0 Å². The van der Waals surface area contributed by atoms with Crippen LogP contribution in [0.25, 0.3) is 0 Å². The van der Waals surface area contributed by atoms with Crippen molar-refractivity contribution in [1.29, 1.82) is 0 Å². The van der Waals surface area contributed by atoms with Crippen molar-refractivity contribution in [3.8, 4) is 5.75 Å². The molecule has 1 aromatic rings. The van der Waals surface area contributed by atoms with Crippen LogP contribution in [-0.4, -0.2) is 24.8 Å². The largest absolute Gasteiger partial charge is 0.491 e. The maximum absolute atomic E-state index is 5.58. The molecule has 0 aliphatic rings. The highest BCUT2D eigenvalue weighted by Crippen LogP contribution is 2.12. The van der Waals surface area contributed by atoms with E-state index in [-0.39, 0.29) is 0 Å². The molecule has 0 heterocycles. The van der Waals surface area contributed by atoms with Gasteiger partial charge >= 0.3 is 0 Å². The Bertz CT molecular complexity index is 379. The zero-order chi connectivity index (χ0) is 14.6. The molecule has 0 saturated carbocycles. The van der Waals surface area contributed by atoms with Crippen molar-refractivity contribution >= 4 is 17.2 Å². The molecule has 0 saturated heterocycles. The second kappa shape index (κ2) is 10.6. The molecule has 0 fully saturated rings. The lowest BCUT2D eigenvalue weighted by Crippen LogP contribution is -2.10. The van der Waals surface area contributed by atoms with Crippen molar-refractivity contribution in [2.24, 2.45) is 5.73 Å². The number of hydrogen-bond acceptors (Lipinski definition) is 3. The van der Waals surface area contributed by atoms with Crippen molar-refractivity contribution < 1.29 is 9.47 Å². The first-order valence-electron chi connectivity index (χ1n) is 7.34. The minimum absolute atomic E-state index is 0.406. The molecule has 0 spiro atoms. The van der Waals surface area contributed by atoms with Crippen LogP contribution < -0.4 is 10.5 Å². The first kappa shape index (κ1) is 16.9. The topological polar surface area (TPSA) is 44.5 Å². The normalized spacial score (nSPS) is 10.4.